The minimum atomic E-state index is -0.250. The van der Waals surface area contributed by atoms with Gasteiger partial charge in [0.05, 0.1) is 0 Å². The van der Waals surface area contributed by atoms with Crippen LogP contribution in [0.15, 0.2) is 12.7 Å². The molecule has 3 N–H and O–H groups in total. The van der Waals surface area contributed by atoms with Crippen molar-refractivity contribution in [2.45, 2.75) is 19.8 Å². The van der Waals surface area contributed by atoms with Gasteiger partial charge >= 0.3 is 0 Å². The van der Waals surface area contributed by atoms with Gasteiger partial charge in [0.2, 0.25) is 0 Å². The fraction of sp³-hybridized carbons (Fsp3) is 0.500. The van der Waals surface area contributed by atoms with E-state index in [-0.39, 0.29) is 12.3 Å². The van der Waals surface area contributed by atoms with Crippen LogP contribution in [0.25, 0.3) is 0 Å². The summed E-state index contributed by atoms with van der Waals surface area (Å²) in [5.74, 6) is 0.236. The quantitative estimate of drug-likeness (QED) is 0.491. The van der Waals surface area contributed by atoms with Crippen molar-refractivity contribution in [2.75, 3.05) is 7.05 Å². The van der Waals surface area contributed by atoms with E-state index in [1.54, 1.807) is 13.0 Å². The largest absolute Gasteiger partial charge is 0.483 e. The minimum absolute atomic E-state index is 0.236. The fourth-order valence-electron chi connectivity index (χ4n) is 0.305. The van der Waals surface area contributed by atoms with E-state index in [4.69, 9.17) is 9.90 Å². The number of hydrogen-bond acceptors (Lipinski definition) is 3. The summed E-state index contributed by atoms with van der Waals surface area (Å²) in [6.45, 7) is 4.82. The molecular formula is C8H17NO3. The van der Waals surface area contributed by atoms with Crippen LogP contribution in [0.3, 0.4) is 0 Å². The number of allylic oxidation sites excluding steroid dienone is 1. The van der Waals surface area contributed by atoms with E-state index in [0.29, 0.717) is 6.42 Å². The zero-order chi connectivity index (χ0) is 10.4. The van der Waals surface area contributed by atoms with Crippen LogP contribution in [-0.2, 0) is 9.59 Å². The summed E-state index contributed by atoms with van der Waals surface area (Å²) in [4.78, 5) is 18.5. The molecule has 0 aliphatic heterocycles. The van der Waals surface area contributed by atoms with Crippen LogP contribution in [0.1, 0.15) is 19.8 Å². The number of rotatable bonds is 3. The maximum absolute atomic E-state index is 10.2. The van der Waals surface area contributed by atoms with Gasteiger partial charge in [0.25, 0.3) is 6.47 Å². The molecule has 0 rings (SSSR count). The third-order valence-corrected chi connectivity index (χ3v) is 0.701. The first kappa shape index (κ1) is 17.1. The summed E-state index contributed by atoms with van der Waals surface area (Å²) in [5.41, 5.74) is 4.50. The number of Topliss-reactive ketones (excluding diaryl/α,β-unsaturated/α-hetero) is 1. The number of hydrogen-bond donors (Lipinski definition) is 2. The maximum atomic E-state index is 10.2. The molecule has 0 atom stereocenters. The SMILES string of the molecule is C=CCCC(C)=O.CN.O=CO. The maximum Gasteiger partial charge on any atom is 0.290 e. The number of ketones is 1. The van der Waals surface area contributed by atoms with Gasteiger partial charge in [0.1, 0.15) is 5.78 Å². The van der Waals surface area contributed by atoms with Crippen molar-refractivity contribution in [1.29, 1.82) is 0 Å². The highest BCUT2D eigenvalue weighted by Gasteiger charge is 1.85. The highest BCUT2D eigenvalue weighted by atomic mass is 16.3. The average molecular weight is 175 g/mol. The first-order valence-corrected chi connectivity index (χ1v) is 3.45. The average Bonchev–Trinajstić information content (AvgIpc) is 2.06. The Kier molecular flexibility index (Phi) is 32.1. The highest BCUT2D eigenvalue weighted by molar-refractivity contribution is 5.75. The van der Waals surface area contributed by atoms with E-state index in [1.165, 1.54) is 7.05 Å². The van der Waals surface area contributed by atoms with Crippen LogP contribution in [-0.4, -0.2) is 24.4 Å². The lowest BCUT2D eigenvalue weighted by Crippen LogP contribution is -1.85. The Morgan fingerprint density at radius 3 is 2.00 bits per heavy atom. The van der Waals surface area contributed by atoms with Crippen LogP contribution < -0.4 is 5.73 Å². The molecule has 0 fully saturated rings. The van der Waals surface area contributed by atoms with Crippen molar-refractivity contribution >= 4 is 12.3 Å². The minimum Gasteiger partial charge on any atom is -0.483 e. The van der Waals surface area contributed by atoms with Gasteiger partial charge < -0.3 is 15.6 Å². The Bertz CT molecular complexity index is 113. The van der Waals surface area contributed by atoms with E-state index in [2.05, 4.69) is 12.3 Å². The standard InChI is InChI=1S/C6H10O.CH5N.CH2O2/c1-3-4-5-6(2)7;1-2;2-1-3/h3H,1,4-5H2,2H3;2H2,1H3;1H,(H,2,3). The molecule has 0 radical (unpaired) electrons. The molecule has 0 bridgehead atoms. The van der Waals surface area contributed by atoms with Crippen LogP contribution in [0.2, 0.25) is 0 Å². The molecule has 0 aliphatic rings. The second kappa shape index (κ2) is 22.5. The lowest BCUT2D eigenvalue weighted by Gasteiger charge is -1.82. The number of carbonyl (C=O) groups is 2. The summed E-state index contributed by atoms with van der Waals surface area (Å²) in [7, 11) is 1.50. The molecule has 0 aromatic rings. The van der Waals surface area contributed by atoms with Gasteiger partial charge in [-0.15, -0.1) is 6.58 Å². The molecule has 4 nitrogen and oxygen atoms in total. The summed E-state index contributed by atoms with van der Waals surface area (Å²) in [5, 5.41) is 6.89. The second-order valence-electron chi connectivity index (χ2n) is 1.63. The van der Waals surface area contributed by atoms with Crippen molar-refractivity contribution in [3.63, 3.8) is 0 Å². The van der Waals surface area contributed by atoms with E-state index in [0.717, 1.165) is 6.42 Å². The summed E-state index contributed by atoms with van der Waals surface area (Å²) in [6.07, 6.45) is 3.21. The molecule has 0 aromatic heterocycles. The molecule has 4 heteroatoms. The van der Waals surface area contributed by atoms with Gasteiger partial charge in [0.15, 0.2) is 0 Å². The summed E-state index contributed by atoms with van der Waals surface area (Å²) >= 11 is 0. The van der Waals surface area contributed by atoms with Gasteiger partial charge in [-0.25, -0.2) is 0 Å². The van der Waals surface area contributed by atoms with E-state index in [9.17, 15) is 4.79 Å². The fourth-order valence-corrected chi connectivity index (χ4v) is 0.305. The molecule has 0 unspecified atom stereocenters. The number of nitrogens with two attached hydrogens (primary N) is 1. The van der Waals surface area contributed by atoms with Crippen LogP contribution in [0.4, 0.5) is 0 Å². The molecule has 72 valence electrons. The molecule has 0 saturated carbocycles. The van der Waals surface area contributed by atoms with Gasteiger partial charge in [-0.05, 0) is 20.4 Å². The van der Waals surface area contributed by atoms with Crippen molar-refractivity contribution < 1.29 is 14.7 Å². The van der Waals surface area contributed by atoms with Crippen molar-refractivity contribution in [3.05, 3.63) is 12.7 Å². The zero-order valence-electron chi connectivity index (χ0n) is 7.62. The monoisotopic (exact) mass is 175 g/mol. The van der Waals surface area contributed by atoms with Crippen LogP contribution >= 0.6 is 0 Å². The first-order chi connectivity index (χ1) is 5.68. The van der Waals surface area contributed by atoms with Gasteiger partial charge in [-0.3, -0.25) is 4.79 Å². The predicted molar refractivity (Wildman–Crippen MR) is 48.9 cm³/mol. The topological polar surface area (TPSA) is 80.4 Å². The highest BCUT2D eigenvalue weighted by Crippen LogP contribution is 1.88. The van der Waals surface area contributed by atoms with E-state index in [1.807, 2.05) is 0 Å². The van der Waals surface area contributed by atoms with Crippen molar-refractivity contribution in [3.8, 4) is 0 Å². The Balaban J connectivity index is -0.000000137. The molecule has 0 amide bonds. The lowest BCUT2D eigenvalue weighted by molar-refractivity contribution is -0.123. The second-order valence-corrected chi connectivity index (χ2v) is 1.63. The Hall–Kier alpha value is -1.16. The van der Waals surface area contributed by atoms with Crippen molar-refractivity contribution in [2.24, 2.45) is 5.73 Å². The van der Waals surface area contributed by atoms with Crippen LogP contribution in [0.5, 0.6) is 0 Å². The third kappa shape index (κ3) is 67.4. The van der Waals surface area contributed by atoms with E-state index < -0.39 is 0 Å². The third-order valence-electron chi connectivity index (χ3n) is 0.701. The molecule has 0 heterocycles. The molecule has 0 spiro atoms. The van der Waals surface area contributed by atoms with Crippen molar-refractivity contribution in [1.82, 2.24) is 0 Å². The smallest absolute Gasteiger partial charge is 0.290 e. The van der Waals surface area contributed by atoms with Gasteiger partial charge in [-0.1, -0.05) is 6.08 Å². The summed E-state index contributed by atoms with van der Waals surface area (Å²) in [6, 6.07) is 0. The Labute approximate surface area is 73.1 Å². The summed E-state index contributed by atoms with van der Waals surface area (Å²) < 4.78 is 0. The van der Waals surface area contributed by atoms with E-state index >= 15 is 0 Å². The van der Waals surface area contributed by atoms with Gasteiger partial charge in [-0.2, -0.15) is 0 Å². The van der Waals surface area contributed by atoms with Crippen LogP contribution in [0, 0.1) is 0 Å². The lowest BCUT2D eigenvalue weighted by atomic mass is 10.2. The zero-order valence-corrected chi connectivity index (χ0v) is 7.62. The normalized spacial score (nSPS) is 6.25. The Morgan fingerprint density at radius 1 is 1.58 bits per heavy atom. The molecule has 0 aromatic carbocycles. The molecule has 0 aliphatic carbocycles. The number of carbonyl (C=O) groups excluding carboxylic acids is 1. The molecule has 12 heavy (non-hydrogen) atoms. The number of carboxylic acid groups (broad SMARTS) is 1. The van der Waals surface area contributed by atoms with Gasteiger partial charge in [0, 0.05) is 6.42 Å². The molecular weight excluding hydrogens is 158 g/mol. The Morgan fingerprint density at radius 2 is 1.92 bits per heavy atom. The predicted octanol–water partition coefficient (Wildman–Crippen LogP) is 0.817. The molecule has 0 saturated heterocycles. The first-order valence-electron chi connectivity index (χ1n) is 3.45.